The van der Waals surface area contributed by atoms with Gasteiger partial charge in [0.05, 0.1) is 5.69 Å². The largest absolute Gasteiger partial charge is 0.312 e. The van der Waals surface area contributed by atoms with Crippen LogP contribution in [0.15, 0.2) is 4.79 Å². The first-order valence-electron chi connectivity index (χ1n) is 4.67. The number of rotatable bonds is 2. The molecule has 0 bridgehead atoms. The lowest BCUT2D eigenvalue weighted by Crippen LogP contribution is -2.26. The number of aryl methyl sites for hydroxylation is 2. The fraction of sp³-hybridized carbons (Fsp3) is 0.600. The second-order valence-corrected chi connectivity index (χ2v) is 3.16. The molecule has 1 heterocycles. The smallest absolute Gasteiger partial charge is 0.271 e. The molecule has 3 nitrogen and oxygen atoms in total. The van der Waals surface area contributed by atoms with Gasteiger partial charge in [-0.25, -0.2) is 0 Å². The van der Waals surface area contributed by atoms with Crippen LogP contribution in [0.1, 0.15) is 30.9 Å². The monoisotopic (exact) mass is 180 g/mol. The lowest BCUT2D eigenvalue weighted by molar-refractivity contribution is 0.723. The van der Waals surface area contributed by atoms with E-state index in [1.165, 1.54) is 0 Å². The maximum absolute atomic E-state index is 11.5. The van der Waals surface area contributed by atoms with Crippen LogP contribution in [-0.2, 0) is 19.9 Å². The van der Waals surface area contributed by atoms with Gasteiger partial charge in [-0.05, 0) is 19.8 Å². The summed E-state index contributed by atoms with van der Waals surface area (Å²) in [4.78, 5) is 15.8. The van der Waals surface area contributed by atoms with Crippen molar-refractivity contribution < 1.29 is 0 Å². The van der Waals surface area contributed by atoms with Gasteiger partial charge >= 0.3 is 0 Å². The SMILES string of the molecule is CCc1nc(C)c(=O)n(C)c1CC. The third kappa shape index (κ3) is 1.64. The van der Waals surface area contributed by atoms with E-state index in [1.54, 1.807) is 11.5 Å². The fourth-order valence-corrected chi connectivity index (χ4v) is 1.60. The van der Waals surface area contributed by atoms with E-state index < -0.39 is 0 Å². The minimum atomic E-state index is 0.0223. The second kappa shape index (κ2) is 3.73. The number of hydrogen-bond acceptors (Lipinski definition) is 2. The van der Waals surface area contributed by atoms with Crippen molar-refractivity contribution in [3.05, 3.63) is 27.4 Å². The van der Waals surface area contributed by atoms with Crippen LogP contribution < -0.4 is 5.56 Å². The molecule has 0 saturated heterocycles. The molecule has 1 aromatic rings. The average Bonchev–Trinajstić information content (AvgIpc) is 2.13. The lowest BCUT2D eigenvalue weighted by atomic mass is 10.2. The molecule has 1 rings (SSSR count). The van der Waals surface area contributed by atoms with Gasteiger partial charge in [-0.1, -0.05) is 13.8 Å². The molecule has 0 aliphatic heterocycles. The van der Waals surface area contributed by atoms with Gasteiger partial charge in [-0.3, -0.25) is 9.78 Å². The van der Waals surface area contributed by atoms with Crippen LogP contribution in [0.25, 0.3) is 0 Å². The highest BCUT2D eigenvalue weighted by atomic mass is 16.1. The van der Waals surface area contributed by atoms with Gasteiger partial charge in [0.15, 0.2) is 0 Å². The van der Waals surface area contributed by atoms with E-state index in [0.717, 1.165) is 24.2 Å². The minimum absolute atomic E-state index is 0.0223. The molecular weight excluding hydrogens is 164 g/mol. The first-order valence-corrected chi connectivity index (χ1v) is 4.67. The van der Waals surface area contributed by atoms with Gasteiger partial charge in [0.2, 0.25) is 0 Å². The van der Waals surface area contributed by atoms with Crippen LogP contribution in [0, 0.1) is 6.92 Å². The van der Waals surface area contributed by atoms with Crippen LogP contribution in [0.3, 0.4) is 0 Å². The first kappa shape index (κ1) is 9.96. The minimum Gasteiger partial charge on any atom is -0.312 e. The van der Waals surface area contributed by atoms with Gasteiger partial charge < -0.3 is 4.57 Å². The molecule has 72 valence electrons. The van der Waals surface area contributed by atoms with E-state index in [2.05, 4.69) is 11.9 Å². The quantitative estimate of drug-likeness (QED) is 0.685. The zero-order chi connectivity index (χ0) is 10.0. The summed E-state index contributed by atoms with van der Waals surface area (Å²) < 4.78 is 1.71. The van der Waals surface area contributed by atoms with Crippen LogP contribution in [0.2, 0.25) is 0 Å². The molecule has 0 fully saturated rings. The Bertz CT molecular complexity index is 366. The Balaban J connectivity index is 3.48. The average molecular weight is 180 g/mol. The highest BCUT2D eigenvalue weighted by molar-refractivity contribution is 5.15. The fourth-order valence-electron chi connectivity index (χ4n) is 1.60. The van der Waals surface area contributed by atoms with Crippen molar-refractivity contribution in [3.8, 4) is 0 Å². The molecule has 13 heavy (non-hydrogen) atoms. The standard InChI is InChI=1S/C10H16N2O/c1-5-8-9(6-2)12(4)10(13)7(3)11-8/h5-6H2,1-4H3. The molecule has 0 spiro atoms. The third-order valence-corrected chi connectivity index (χ3v) is 2.32. The number of hydrogen-bond donors (Lipinski definition) is 0. The van der Waals surface area contributed by atoms with Crippen molar-refractivity contribution in [1.82, 2.24) is 9.55 Å². The van der Waals surface area contributed by atoms with Crippen LogP contribution in [-0.4, -0.2) is 9.55 Å². The summed E-state index contributed by atoms with van der Waals surface area (Å²) in [6.07, 6.45) is 1.75. The summed E-state index contributed by atoms with van der Waals surface area (Å²) in [7, 11) is 1.81. The van der Waals surface area contributed by atoms with Crippen LogP contribution >= 0.6 is 0 Å². The molecule has 0 atom stereocenters. The lowest BCUT2D eigenvalue weighted by Gasteiger charge is -2.11. The Hall–Kier alpha value is -1.12. The van der Waals surface area contributed by atoms with Crippen molar-refractivity contribution in [2.45, 2.75) is 33.6 Å². The van der Waals surface area contributed by atoms with E-state index in [4.69, 9.17) is 0 Å². The summed E-state index contributed by atoms with van der Waals surface area (Å²) in [5, 5.41) is 0. The zero-order valence-corrected chi connectivity index (χ0v) is 8.72. The summed E-state index contributed by atoms with van der Waals surface area (Å²) in [6, 6.07) is 0. The number of nitrogens with zero attached hydrogens (tertiary/aromatic N) is 2. The normalized spacial score (nSPS) is 10.5. The van der Waals surface area contributed by atoms with Crippen molar-refractivity contribution in [3.63, 3.8) is 0 Å². The second-order valence-electron chi connectivity index (χ2n) is 3.16. The molecule has 0 amide bonds. The van der Waals surface area contributed by atoms with E-state index in [-0.39, 0.29) is 5.56 Å². The van der Waals surface area contributed by atoms with E-state index in [1.807, 2.05) is 14.0 Å². The van der Waals surface area contributed by atoms with Crippen molar-refractivity contribution >= 4 is 0 Å². The molecule has 0 radical (unpaired) electrons. The number of aromatic nitrogens is 2. The Morgan fingerprint density at radius 1 is 1.31 bits per heavy atom. The molecular formula is C10H16N2O. The van der Waals surface area contributed by atoms with E-state index in [0.29, 0.717) is 5.69 Å². The van der Waals surface area contributed by atoms with Gasteiger partial charge in [0.1, 0.15) is 5.69 Å². The van der Waals surface area contributed by atoms with E-state index >= 15 is 0 Å². The molecule has 0 N–H and O–H groups in total. The van der Waals surface area contributed by atoms with Crippen molar-refractivity contribution in [2.24, 2.45) is 7.05 Å². The predicted molar refractivity (Wildman–Crippen MR) is 53.0 cm³/mol. The molecule has 3 heteroatoms. The Kier molecular flexibility index (Phi) is 2.86. The van der Waals surface area contributed by atoms with Crippen molar-refractivity contribution in [2.75, 3.05) is 0 Å². The Labute approximate surface area is 78.4 Å². The van der Waals surface area contributed by atoms with Gasteiger partial charge in [0.25, 0.3) is 5.56 Å². The molecule has 0 saturated carbocycles. The van der Waals surface area contributed by atoms with Gasteiger partial charge in [-0.15, -0.1) is 0 Å². The highest BCUT2D eigenvalue weighted by Gasteiger charge is 2.08. The van der Waals surface area contributed by atoms with Crippen molar-refractivity contribution in [1.29, 1.82) is 0 Å². The maximum atomic E-state index is 11.5. The first-order chi connectivity index (χ1) is 6.11. The summed E-state index contributed by atoms with van der Waals surface area (Å²) >= 11 is 0. The van der Waals surface area contributed by atoms with Gasteiger partial charge in [-0.2, -0.15) is 0 Å². The third-order valence-electron chi connectivity index (χ3n) is 2.32. The highest BCUT2D eigenvalue weighted by Crippen LogP contribution is 2.05. The zero-order valence-electron chi connectivity index (χ0n) is 8.72. The summed E-state index contributed by atoms with van der Waals surface area (Å²) in [5.41, 5.74) is 2.71. The Morgan fingerprint density at radius 3 is 2.38 bits per heavy atom. The van der Waals surface area contributed by atoms with Gasteiger partial charge in [0, 0.05) is 12.7 Å². The summed E-state index contributed by atoms with van der Waals surface area (Å²) in [5.74, 6) is 0. The topological polar surface area (TPSA) is 34.9 Å². The molecule has 0 unspecified atom stereocenters. The molecule has 0 aromatic carbocycles. The summed E-state index contributed by atoms with van der Waals surface area (Å²) in [6.45, 7) is 5.87. The van der Waals surface area contributed by atoms with Crippen LogP contribution in [0.5, 0.6) is 0 Å². The molecule has 1 aromatic heterocycles. The molecule has 0 aliphatic rings. The molecule has 0 aliphatic carbocycles. The predicted octanol–water partition coefficient (Wildman–Crippen LogP) is 1.21. The maximum Gasteiger partial charge on any atom is 0.271 e. The van der Waals surface area contributed by atoms with Crippen LogP contribution in [0.4, 0.5) is 0 Å². The Morgan fingerprint density at radius 2 is 1.92 bits per heavy atom. The van der Waals surface area contributed by atoms with E-state index in [9.17, 15) is 4.79 Å².